The average molecular weight is 289 g/mol. The Bertz CT molecular complexity index is 990. The van der Waals surface area contributed by atoms with Crippen LogP contribution in [-0.4, -0.2) is 15.4 Å². The Labute approximate surface area is 125 Å². The maximum Gasteiger partial charge on any atom is 0.344 e. The van der Waals surface area contributed by atoms with Gasteiger partial charge in [0.05, 0.1) is 11.8 Å². The molecule has 5 heteroatoms. The van der Waals surface area contributed by atoms with Crippen LogP contribution >= 0.6 is 0 Å². The van der Waals surface area contributed by atoms with Gasteiger partial charge in [-0.15, -0.1) is 0 Å². The summed E-state index contributed by atoms with van der Waals surface area (Å²) in [5.74, 6) is 0. The fourth-order valence-corrected chi connectivity index (χ4v) is 2.43. The minimum absolute atomic E-state index is 0.351. The first-order valence-corrected chi connectivity index (χ1v) is 6.81. The van der Waals surface area contributed by atoms with Gasteiger partial charge < -0.3 is 4.42 Å². The molecule has 0 aliphatic carbocycles. The van der Waals surface area contributed by atoms with E-state index in [-0.39, 0.29) is 5.63 Å². The second-order valence-corrected chi connectivity index (χ2v) is 4.92. The molecule has 0 spiro atoms. The van der Waals surface area contributed by atoms with Crippen LogP contribution in [0.3, 0.4) is 0 Å². The Morgan fingerprint density at radius 1 is 0.955 bits per heavy atom. The molecule has 5 nitrogen and oxygen atoms in total. The lowest BCUT2D eigenvalue weighted by Crippen LogP contribution is -2.02. The molecule has 0 aliphatic rings. The van der Waals surface area contributed by atoms with Crippen molar-refractivity contribution >= 4 is 11.0 Å². The smallest absolute Gasteiger partial charge is 0.344 e. The number of rotatable bonds is 2. The van der Waals surface area contributed by atoms with Crippen molar-refractivity contribution in [1.82, 2.24) is 15.4 Å². The van der Waals surface area contributed by atoms with Crippen molar-refractivity contribution in [2.75, 3.05) is 0 Å². The summed E-state index contributed by atoms with van der Waals surface area (Å²) in [5.41, 5.74) is 3.13. The quantitative estimate of drug-likeness (QED) is 0.575. The molecule has 0 aliphatic heterocycles. The number of hydrogen-bond acceptors (Lipinski definition) is 4. The summed E-state index contributed by atoms with van der Waals surface area (Å²) < 4.78 is 5.47. The van der Waals surface area contributed by atoms with Gasteiger partial charge in [-0.3, -0.25) is 0 Å². The highest BCUT2D eigenvalue weighted by Gasteiger charge is 2.09. The van der Waals surface area contributed by atoms with Crippen LogP contribution in [0.25, 0.3) is 33.4 Å². The number of fused-ring (bicyclic) bond motifs is 1. The zero-order chi connectivity index (χ0) is 14.9. The summed E-state index contributed by atoms with van der Waals surface area (Å²) in [6.45, 7) is 0. The van der Waals surface area contributed by atoms with Crippen molar-refractivity contribution in [1.29, 1.82) is 0 Å². The van der Waals surface area contributed by atoms with Gasteiger partial charge in [0, 0.05) is 10.9 Å². The van der Waals surface area contributed by atoms with Crippen LogP contribution in [0.1, 0.15) is 0 Å². The largest absolute Gasteiger partial charge is 0.422 e. The molecule has 2 aromatic carbocycles. The Morgan fingerprint density at radius 3 is 2.59 bits per heavy atom. The van der Waals surface area contributed by atoms with E-state index in [0.29, 0.717) is 16.8 Å². The molecule has 0 bridgehead atoms. The summed E-state index contributed by atoms with van der Waals surface area (Å²) in [6.07, 6.45) is 1.62. The van der Waals surface area contributed by atoms with E-state index < -0.39 is 0 Å². The monoisotopic (exact) mass is 289 g/mol. The summed E-state index contributed by atoms with van der Waals surface area (Å²) in [6, 6.07) is 17.0. The SMILES string of the molecule is O=c1oc2cc(-c3cn[nH]n3)ccc2cc1-c1ccccc1. The number of nitrogens with zero attached hydrogens (tertiary/aromatic N) is 2. The van der Waals surface area contributed by atoms with E-state index in [2.05, 4.69) is 15.4 Å². The third-order valence-electron chi connectivity index (χ3n) is 3.53. The molecule has 4 rings (SSSR count). The predicted octanol–water partition coefficient (Wildman–Crippen LogP) is 3.25. The van der Waals surface area contributed by atoms with E-state index in [9.17, 15) is 4.79 Å². The third-order valence-corrected chi connectivity index (χ3v) is 3.53. The van der Waals surface area contributed by atoms with Gasteiger partial charge in [-0.25, -0.2) is 4.79 Å². The maximum atomic E-state index is 12.2. The molecule has 0 saturated carbocycles. The van der Waals surface area contributed by atoms with Crippen molar-refractivity contribution < 1.29 is 4.42 Å². The Kier molecular flexibility index (Phi) is 2.83. The van der Waals surface area contributed by atoms with Gasteiger partial charge in [0.2, 0.25) is 0 Å². The zero-order valence-corrected chi connectivity index (χ0v) is 11.5. The second-order valence-electron chi connectivity index (χ2n) is 4.92. The van der Waals surface area contributed by atoms with E-state index in [1.165, 1.54) is 0 Å². The second kappa shape index (κ2) is 4.96. The first-order valence-electron chi connectivity index (χ1n) is 6.81. The molecular formula is C17H11N3O2. The van der Waals surface area contributed by atoms with Gasteiger partial charge in [-0.05, 0) is 17.7 Å². The molecular weight excluding hydrogens is 278 g/mol. The molecule has 2 aromatic heterocycles. The lowest BCUT2D eigenvalue weighted by atomic mass is 10.0. The number of H-pyrrole nitrogens is 1. The van der Waals surface area contributed by atoms with Crippen molar-refractivity contribution in [2.24, 2.45) is 0 Å². The van der Waals surface area contributed by atoms with E-state index in [0.717, 1.165) is 16.5 Å². The minimum Gasteiger partial charge on any atom is -0.422 e. The van der Waals surface area contributed by atoms with Gasteiger partial charge in [0.25, 0.3) is 0 Å². The first kappa shape index (κ1) is 12.5. The van der Waals surface area contributed by atoms with Gasteiger partial charge in [0.15, 0.2) is 0 Å². The molecule has 2 heterocycles. The van der Waals surface area contributed by atoms with E-state index in [1.807, 2.05) is 48.5 Å². The molecule has 4 aromatic rings. The van der Waals surface area contributed by atoms with E-state index in [4.69, 9.17) is 4.42 Å². The molecule has 0 fully saturated rings. The Balaban J connectivity index is 1.89. The van der Waals surface area contributed by atoms with Crippen LogP contribution in [-0.2, 0) is 0 Å². The zero-order valence-electron chi connectivity index (χ0n) is 11.5. The lowest BCUT2D eigenvalue weighted by molar-refractivity contribution is 0.563. The number of benzene rings is 2. The normalized spacial score (nSPS) is 10.9. The van der Waals surface area contributed by atoms with E-state index >= 15 is 0 Å². The van der Waals surface area contributed by atoms with Gasteiger partial charge in [0.1, 0.15) is 11.3 Å². The predicted molar refractivity (Wildman–Crippen MR) is 83.3 cm³/mol. The molecule has 22 heavy (non-hydrogen) atoms. The number of hydrogen-bond donors (Lipinski definition) is 1. The van der Waals surface area contributed by atoms with Crippen molar-refractivity contribution in [3.8, 4) is 22.4 Å². The summed E-state index contributed by atoms with van der Waals surface area (Å²) in [5, 5.41) is 11.2. The van der Waals surface area contributed by atoms with Crippen molar-refractivity contribution in [2.45, 2.75) is 0 Å². The van der Waals surface area contributed by atoms with Crippen LogP contribution in [0.4, 0.5) is 0 Å². The maximum absolute atomic E-state index is 12.2. The molecule has 0 atom stereocenters. The van der Waals surface area contributed by atoms with Gasteiger partial charge in [-0.2, -0.15) is 15.4 Å². The van der Waals surface area contributed by atoms with Gasteiger partial charge in [-0.1, -0.05) is 42.5 Å². The summed E-state index contributed by atoms with van der Waals surface area (Å²) in [4.78, 5) is 12.2. The Hall–Kier alpha value is -3.21. The van der Waals surface area contributed by atoms with Crippen LogP contribution in [0.15, 0.2) is 70.0 Å². The molecule has 0 saturated heterocycles. The Morgan fingerprint density at radius 2 is 1.82 bits per heavy atom. The minimum atomic E-state index is -0.351. The third kappa shape index (κ3) is 2.09. The number of aromatic amines is 1. The summed E-state index contributed by atoms with van der Waals surface area (Å²) >= 11 is 0. The fraction of sp³-hybridized carbons (Fsp3) is 0. The van der Waals surface area contributed by atoms with Crippen LogP contribution in [0.5, 0.6) is 0 Å². The standard InChI is InChI=1S/C17H11N3O2/c21-17-14(11-4-2-1-3-5-11)8-13-7-6-12(9-16(13)22-17)15-10-18-20-19-15/h1-10H,(H,18,19,20). The topological polar surface area (TPSA) is 71.8 Å². The molecule has 106 valence electrons. The van der Waals surface area contributed by atoms with Gasteiger partial charge >= 0.3 is 5.63 Å². The first-order chi connectivity index (χ1) is 10.8. The molecule has 0 unspecified atom stereocenters. The highest BCUT2D eigenvalue weighted by Crippen LogP contribution is 2.25. The lowest BCUT2D eigenvalue weighted by Gasteiger charge is -2.03. The highest BCUT2D eigenvalue weighted by molar-refractivity contribution is 5.85. The molecule has 1 N–H and O–H groups in total. The van der Waals surface area contributed by atoms with Crippen molar-refractivity contribution in [3.63, 3.8) is 0 Å². The molecule has 0 radical (unpaired) electrons. The van der Waals surface area contributed by atoms with E-state index in [1.54, 1.807) is 12.3 Å². The number of nitrogens with one attached hydrogen (secondary N) is 1. The van der Waals surface area contributed by atoms with Crippen LogP contribution in [0.2, 0.25) is 0 Å². The molecule has 0 amide bonds. The summed E-state index contributed by atoms with van der Waals surface area (Å²) in [7, 11) is 0. The fourth-order valence-electron chi connectivity index (χ4n) is 2.43. The average Bonchev–Trinajstić information content (AvgIpc) is 3.09. The number of aromatic nitrogens is 3. The van der Waals surface area contributed by atoms with Crippen LogP contribution < -0.4 is 5.63 Å². The van der Waals surface area contributed by atoms with Crippen LogP contribution in [0, 0.1) is 0 Å². The highest BCUT2D eigenvalue weighted by atomic mass is 16.4. The van der Waals surface area contributed by atoms with Crippen molar-refractivity contribution in [3.05, 3.63) is 71.2 Å².